The average Bonchev–Trinajstić information content (AvgIpc) is 2.05. The molecule has 0 heterocycles. The fourth-order valence-corrected chi connectivity index (χ4v) is 0.966. The molecule has 1 rings (SSSR count). The van der Waals surface area contributed by atoms with Crippen LogP contribution in [0.3, 0.4) is 0 Å². The maximum Gasteiger partial charge on any atom is 0.335 e. The molecule has 0 bridgehead atoms. The first kappa shape index (κ1) is 11.8. The molecule has 0 aliphatic rings. The first-order valence-electron chi connectivity index (χ1n) is 3.81. The van der Waals surface area contributed by atoms with E-state index in [2.05, 4.69) is 5.32 Å². The van der Waals surface area contributed by atoms with Crippen molar-refractivity contribution < 1.29 is 9.90 Å². The largest absolute Gasteiger partial charge is 0.478 e. The molecule has 1 aromatic carbocycles. The van der Waals surface area contributed by atoms with Crippen LogP contribution in [0.15, 0.2) is 24.3 Å². The highest BCUT2D eigenvalue weighted by Gasteiger charge is 2.01. The third-order valence-corrected chi connectivity index (χ3v) is 1.49. The Labute approximate surface area is 83.2 Å². The predicted molar refractivity (Wildman–Crippen MR) is 54.8 cm³/mol. The Morgan fingerprint density at radius 2 is 2.23 bits per heavy atom. The number of hydrogen-bond acceptors (Lipinski definition) is 2. The molecule has 0 radical (unpaired) electrons. The molecule has 0 saturated heterocycles. The van der Waals surface area contributed by atoms with Crippen molar-refractivity contribution in [3.8, 4) is 0 Å². The van der Waals surface area contributed by atoms with Gasteiger partial charge in [0.15, 0.2) is 0 Å². The number of hydrogen-bond donors (Lipinski definition) is 2. The van der Waals surface area contributed by atoms with Crippen molar-refractivity contribution in [3.63, 3.8) is 0 Å². The van der Waals surface area contributed by atoms with Crippen molar-refractivity contribution in [2.45, 2.75) is 6.92 Å². The number of carboxylic acids is 1. The summed E-state index contributed by atoms with van der Waals surface area (Å²) < 4.78 is 0. The molecule has 72 valence electrons. The van der Waals surface area contributed by atoms with Crippen LogP contribution in [0, 0.1) is 0 Å². The van der Waals surface area contributed by atoms with E-state index in [4.69, 9.17) is 5.11 Å². The van der Waals surface area contributed by atoms with Gasteiger partial charge in [-0.25, -0.2) is 4.79 Å². The van der Waals surface area contributed by atoms with E-state index >= 15 is 0 Å². The van der Waals surface area contributed by atoms with Crippen LogP contribution in [-0.4, -0.2) is 17.6 Å². The summed E-state index contributed by atoms with van der Waals surface area (Å²) in [6, 6.07) is 6.76. The van der Waals surface area contributed by atoms with Gasteiger partial charge in [-0.1, -0.05) is 6.07 Å². The molecule has 1 aromatic rings. The fraction of sp³-hybridized carbons (Fsp3) is 0.222. The number of carbonyl (C=O) groups is 1. The minimum Gasteiger partial charge on any atom is -0.478 e. The van der Waals surface area contributed by atoms with Gasteiger partial charge in [-0.3, -0.25) is 0 Å². The van der Waals surface area contributed by atoms with Crippen molar-refractivity contribution >= 4 is 24.1 Å². The number of carboxylic acid groups (broad SMARTS) is 1. The van der Waals surface area contributed by atoms with Crippen LogP contribution in [0.25, 0.3) is 0 Å². The van der Waals surface area contributed by atoms with Crippen LogP contribution in [0.4, 0.5) is 5.69 Å². The van der Waals surface area contributed by atoms with Gasteiger partial charge in [0.25, 0.3) is 0 Å². The number of rotatable bonds is 3. The lowest BCUT2D eigenvalue weighted by Crippen LogP contribution is -2.00. The van der Waals surface area contributed by atoms with Crippen molar-refractivity contribution in [1.29, 1.82) is 0 Å². The van der Waals surface area contributed by atoms with E-state index in [1.807, 2.05) is 13.0 Å². The Bertz CT molecular complexity index is 289. The van der Waals surface area contributed by atoms with E-state index in [1.54, 1.807) is 18.2 Å². The third-order valence-electron chi connectivity index (χ3n) is 1.49. The van der Waals surface area contributed by atoms with E-state index in [-0.39, 0.29) is 12.4 Å². The summed E-state index contributed by atoms with van der Waals surface area (Å²) in [7, 11) is 0. The predicted octanol–water partition coefficient (Wildman–Crippen LogP) is 2.24. The van der Waals surface area contributed by atoms with Gasteiger partial charge in [-0.05, 0) is 25.1 Å². The zero-order valence-corrected chi connectivity index (χ0v) is 8.10. The molecule has 0 fully saturated rings. The van der Waals surface area contributed by atoms with Gasteiger partial charge in [0.2, 0.25) is 0 Å². The second-order valence-electron chi connectivity index (χ2n) is 2.42. The molecular weight excluding hydrogens is 190 g/mol. The van der Waals surface area contributed by atoms with Gasteiger partial charge in [0.1, 0.15) is 0 Å². The highest BCUT2D eigenvalue weighted by Crippen LogP contribution is 2.09. The molecule has 0 atom stereocenters. The van der Waals surface area contributed by atoms with Gasteiger partial charge >= 0.3 is 5.97 Å². The van der Waals surface area contributed by atoms with Crippen LogP contribution < -0.4 is 5.32 Å². The number of aromatic carboxylic acids is 1. The van der Waals surface area contributed by atoms with E-state index in [0.717, 1.165) is 12.2 Å². The molecular formula is C9H12ClNO2. The van der Waals surface area contributed by atoms with Crippen LogP contribution >= 0.6 is 12.4 Å². The standard InChI is InChI=1S/C9H11NO2.ClH/c1-2-10-8-5-3-4-7(6-8)9(11)12;/h3-6,10H,2H2,1H3,(H,11,12);1H. The topological polar surface area (TPSA) is 49.3 Å². The molecule has 4 heteroatoms. The van der Waals surface area contributed by atoms with Gasteiger partial charge in [0.05, 0.1) is 5.56 Å². The molecule has 0 saturated carbocycles. The van der Waals surface area contributed by atoms with Gasteiger partial charge in [0, 0.05) is 12.2 Å². The minimum atomic E-state index is -0.894. The molecule has 0 amide bonds. The maximum absolute atomic E-state index is 10.5. The van der Waals surface area contributed by atoms with Crippen LogP contribution in [0.5, 0.6) is 0 Å². The summed E-state index contributed by atoms with van der Waals surface area (Å²) in [6.45, 7) is 2.76. The highest BCUT2D eigenvalue weighted by molar-refractivity contribution is 5.88. The number of halogens is 1. The monoisotopic (exact) mass is 201 g/mol. The van der Waals surface area contributed by atoms with Crippen molar-refractivity contribution in [1.82, 2.24) is 0 Å². The van der Waals surface area contributed by atoms with E-state index in [9.17, 15) is 4.79 Å². The number of benzene rings is 1. The molecule has 0 aliphatic carbocycles. The Kier molecular flexibility index (Phi) is 4.92. The summed E-state index contributed by atoms with van der Waals surface area (Å²) in [4.78, 5) is 10.5. The molecule has 0 aromatic heterocycles. The van der Waals surface area contributed by atoms with Crippen molar-refractivity contribution in [3.05, 3.63) is 29.8 Å². The van der Waals surface area contributed by atoms with Gasteiger partial charge in [-0.2, -0.15) is 0 Å². The van der Waals surface area contributed by atoms with Crippen LogP contribution in [-0.2, 0) is 0 Å². The summed E-state index contributed by atoms with van der Waals surface area (Å²) in [5.41, 5.74) is 1.16. The fourth-order valence-electron chi connectivity index (χ4n) is 0.966. The Morgan fingerprint density at radius 3 is 2.77 bits per heavy atom. The highest BCUT2D eigenvalue weighted by atomic mass is 35.5. The molecule has 3 nitrogen and oxygen atoms in total. The molecule has 0 aliphatic heterocycles. The molecule has 0 unspecified atom stereocenters. The lowest BCUT2D eigenvalue weighted by molar-refractivity contribution is 0.0697. The lowest BCUT2D eigenvalue weighted by Gasteiger charge is -2.02. The Hall–Kier alpha value is -1.22. The summed E-state index contributed by atoms with van der Waals surface area (Å²) >= 11 is 0. The molecule has 0 spiro atoms. The van der Waals surface area contributed by atoms with E-state index in [1.165, 1.54) is 0 Å². The zero-order valence-electron chi connectivity index (χ0n) is 7.28. The molecule has 2 N–H and O–H groups in total. The first-order chi connectivity index (χ1) is 5.74. The first-order valence-corrected chi connectivity index (χ1v) is 3.81. The van der Waals surface area contributed by atoms with Crippen LogP contribution in [0.1, 0.15) is 17.3 Å². The summed E-state index contributed by atoms with van der Waals surface area (Å²) in [6.07, 6.45) is 0. The van der Waals surface area contributed by atoms with Crippen molar-refractivity contribution in [2.75, 3.05) is 11.9 Å². The third kappa shape index (κ3) is 3.34. The Balaban J connectivity index is 0.00000144. The average molecular weight is 202 g/mol. The minimum absolute atomic E-state index is 0. The number of anilines is 1. The summed E-state index contributed by atoms with van der Waals surface area (Å²) in [5.74, 6) is -0.894. The molecule has 13 heavy (non-hydrogen) atoms. The normalized spacial score (nSPS) is 8.69. The van der Waals surface area contributed by atoms with Crippen LogP contribution in [0.2, 0.25) is 0 Å². The quantitative estimate of drug-likeness (QED) is 0.789. The van der Waals surface area contributed by atoms with Gasteiger partial charge in [-0.15, -0.1) is 12.4 Å². The van der Waals surface area contributed by atoms with E-state index < -0.39 is 5.97 Å². The maximum atomic E-state index is 10.5. The Morgan fingerprint density at radius 1 is 1.54 bits per heavy atom. The van der Waals surface area contributed by atoms with Crippen molar-refractivity contribution in [2.24, 2.45) is 0 Å². The lowest BCUT2D eigenvalue weighted by atomic mass is 10.2. The zero-order chi connectivity index (χ0) is 8.97. The van der Waals surface area contributed by atoms with Gasteiger partial charge < -0.3 is 10.4 Å². The smallest absolute Gasteiger partial charge is 0.335 e. The van der Waals surface area contributed by atoms with E-state index in [0.29, 0.717) is 5.56 Å². The number of nitrogens with one attached hydrogen (secondary N) is 1. The summed E-state index contributed by atoms with van der Waals surface area (Å²) in [5, 5.41) is 11.7. The second kappa shape index (κ2) is 5.43. The second-order valence-corrected chi connectivity index (χ2v) is 2.42. The SMILES string of the molecule is CCNc1cccc(C(=O)O)c1.Cl.